The lowest BCUT2D eigenvalue weighted by Crippen LogP contribution is -2.11. The minimum atomic E-state index is -0.255. The third kappa shape index (κ3) is 4.31. The first-order valence-corrected chi connectivity index (χ1v) is 8.76. The minimum Gasteiger partial charge on any atom is -0.320 e. The lowest BCUT2D eigenvalue weighted by molar-refractivity contribution is 0.102. The Balaban J connectivity index is 1.67. The van der Waals surface area contributed by atoms with E-state index in [-0.39, 0.29) is 5.91 Å². The molecule has 0 saturated carbocycles. The Morgan fingerprint density at radius 3 is 2.48 bits per heavy atom. The molecule has 0 spiro atoms. The minimum absolute atomic E-state index is 0.255. The number of hydrogen-bond donors (Lipinski definition) is 1. The van der Waals surface area contributed by atoms with Gasteiger partial charge in [0.2, 0.25) is 5.01 Å². The number of nitrogens with one attached hydrogen (secondary N) is 1. The SMILES string of the molecule is Cc1ccc(NC(=O)c2nnc(Sc3ccc(Cl)cc3)s2)cc1. The summed E-state index contributed by atoms with van der Waals surface area (Å²) in [6, 6.07) is 15.0. The van der Waals surface area contributed by atoms with Crippen molar-refractivity contribution < 1.29 is 4.79 Å². The van der Waals surface area contributed by atoms with E-state index < -0.39 is 0 Å². The molecule has 3 rings (SSSR count). The summed E-state index contributed by atoms with van der Waals surface area (Å²) in [7, 11) is 0. The molecule has 1 N–H and O–H groups in total. The number of nitrogens with zero attached hydrogens (tertiary/aromatic N) is 2. The van der Waals surface area contributed by atoms with E-state index in [1.807, 2.05) is 55.5 Å². The van der Waals surface area contributed by atoms with Crippen LogP contribution < -0.4 is 5.32 Å². The zero-order valence-electron chi connectivity index (χ0n) is 12.1. The maximum atomic E-state index is 12.2. The first-order chi connectivity index (χ1) is 11.1. The van der Waals surface area contributed by atoms with E-state index in [2.05, 4.69) is 15.5 Å². The van der Waals surface area contributed by atoms with Gasteiger partial charge in [0.25, 0.3) is 5.91 Å². The van der Waals surface area contributed by atoms with Gasteiger partial charge in [-0.2, -0.15) is 0 Å². The van der Waals surface area contributed by atoms with E-state index >= 15 is 0 Å². The molecule has 1 aromatic heterocycles. The van der Waals surface area contributed by atoms with Gasteiger partial charge in [-0.05, 0) is 43.3 Å². The standard InChI is InChI=1S/C16H12ClN3OS2/c1-10-2-6-12(7-3-10)18-14(21)15-19-20-16(23-15)22-13-8-4-11(17)5-9-13/h2-9H,1H3,(H,18,21). The predicted molar refractivity (Wildman–Crippen MR) is 94.6 cm³/mol. The number of benzene rings is 2. The van der Waals surface area contributed by atoms with Crippen molar-refractivity contribution in [2.75, 3.05) is 5.32 Å². The van der Waals surface area contributed by atoms with Crippen molar-refractivity contribution in [3.8, 4) is 0 Å². The highest BCUT2D eigenvalue weighted by atomic mass is 35.5. The Morgan fingerprint density at radius 2 is 1.78 bits per heavy atom. The van der Waals surface area contributed by atoms with Crippen LogP contribution in [0.2, 0.25) is 5.02 Å². The normalized spacial score (nSPS) is 10.5. The Hall–Kier alpha value is -1.89. The van der Waals surface area contributed by atoms with Gasteiger partial charge in [-0.3, -0.25) is 4.79 Å². The summed E-state index contributed by atoms with van der Waals surface area (Å²) in [5, 5.41) is 11.8. The van der Waals surface area contributed by atoms with Crippen molar-refractivity contribution in [3.05, 3.63) is 64.1 Å². The molecule has 2 aromatic carbocycles. The van der Waals surface area contributed by atoms with E-state index in [0.717, 1.165) is 16.1 Å². The topological polar surface area (TPSA) is 54.9 Å². The summed E-state index contributed by atoms with van der Waals surface area (Å²) in [6.07, 6.45) is 0. The highest BCUT2D eigenvalue weighted by Gasteiger charge is 2.13. The van der Waals surface area contributed by atoms with Gasteiger partial charge >= 0.3 is 0 Å². The van der Waals surface area contributed by atoms with E-state index in [1.165, 1.54) is 23.1 Å². The van der Waals surface area contributed by atoms with Gasteiger partial charge in [0.1, 0.15) is 0 Å². The number of carbonyl (C=O) groups excluding carboxylic acids is 1. The molecule has 0 bridgehead atoms. The second-order valence-corrected chi connectivity index (χ2v) is 7.48. The van der Waals surface area contributed by atoms with Crippen LogP contribution in [0.25, 0.3) is 0 Å². The summed E-state index contributed by atoms with van der Waals surface area (Å²) in [5.41, 5.74) is 1.88. The van der Waals surface area contributed by atoms with Gasteiger partial charge in [0.15, 0.2) is 4.34 Å². The maximum Gasteiger partial charge on any atom is 0.286 e. The number of aryl methyl sites for hydroxylation is 1. The number of anilines is 1. The molecule has 1 heterocycles. The summed E-state index contributed by atoms with van der Waals surface area (Å²) in [6.45, 7) is 2.00. The van der Waals surface area contributed by atoms with Crippen LogP contribution in [0.3, 0.4) is 0 Å². The van der Waals surface area contributed by atoms with Crippen molar-refractivity contribution in [3.63, 3.8) is 0 Å². The zero-order chi connectivity index (χ0) is 16.2. The monoisotopic (exact) mass is 361 g/mol. The molecular weight excluding hydrogens is 350 g/mol. The molecule has 0 fully saturated rings. The first kappa shape index (κ1) is 16.0. The van der Waals surface area contributed by atoms with Gasteiger partial charge in [-0.25, -0.2) is 0 Å². The van der Waals surface area contributed by atoms with Crippen molar-refractivity contribution >= 4 is 46.3 Å². The van der Waals surface area contributed by atoms with Crippen molar-refractivity contribution in [2.24, 2.45) is 0 Å². The average Bonchev–Trinajstić information content (AvgIpc) is 3.00. The number of halogens is 1. The molecule has 4 nitrogen and oxygen atoms in total. The predicted octanol–water partition coefficient (Wildman–Crippen LogP) is 4.90. The van der Waals surface area contributed by atoms with Crippen LogP contribution >= 0.6 is 34.7 Å². The van der Waals surface area contributed by atoms with Gasteiger partial charge in [-0.15, -0.1) is 10.2 Å². The van der Waals surface area contributed by atoms with E-state index in [0.29, 0.717) is 14.4 Å². The van der Waals surface area contributed by atoms with Crippen LogP contribution in [0.15, 0.2) is 57.8 Å². The molecular formula is C16H12ClN3OS2. The van der Waals surface area contributed by atoms with Crippen LogP contribution in [-0.2, 0) is 0 Å². The molecule has 1 amide bonds. The van der Waals surface area contributed by atoms with Crippen molar-refractivity contribution in [2.45, 2.75) is 16.2 Å². The first-order valence-electron chi connectivity index (χ1n) is 6.75. The molecule has 0 saturated heterocycles. The molecule has 23 heavy (non-hydrogen) atoms. The molecule has 0 aliphatic rings. The number of rotatable bonds is 4. The molecule has 3 aromatic rings. The maximum absolute atomic E-state index is 12.2. The van der Waals surface area contributed by atoms with Gasteiger partial charge in [0, 0.05) is 15.6 Å². The quantitative estimate of drug-likeness (QED) is 0.717. The second-order valence-electron chi connectivity index (χ2n) is 4.75. The molecule has 7 heteroatoms. The second kappa shape index (κ2) is 7.12. The van der Waals surface area contributed by atoms with Crippen molar-refractivity contribution in [1.82, 2.24) is 10.2 Å². The summed E-state index contributed by atoms with van der Waals surface area (Å²) < 4.78 is 0.710. The Kier molecular flexibility index (Phi) is 4.95. The third-order valence-electron chi connectivity index (χ3n) is 2.93. The lowest BCUT2D eigenvalue weighted by atomic mass is 10.2. The van der Waals surface area contributed by atoms with Crippen LogP contribution in [-0.4, -0.2) is 16.1 Å². The van der Waals surface area contributed by atoms with Crippen LogP contribution in [0.1, 0.15) is 15.4 Å². The molecule has 0 atom stereocenters. The van der Waals surface area contributed by atoms with Crippen LogP contribution in [0.5, 0.6) is 0 Å². The van der Waals surface area contributed by atoms with Crippen molar-refractivity contribution in [1.29, 1.82) is 0 Å². The van der Waals surface area contributed by atoms with Crippen LogP contribution in [0.4, 0.5) is 5.69 Å². The molecule has 116 valence electrons. The molecule has 0 aliphatic carbocycles. The van der Waals surface area contributed by atoms with E-state index in [4.69, 9.17) is 11.6 Å². The smallest absolute Gasteiger partial charge is 0.286 e. The summed E-state index contributed by atoms with van der Waals surface area (Å²) >= 11 is 8.57. The highest BCUT2D eigenvalue weighted by Crippen LogP contribution is 2.31. The average molecular weight is 362 g/mol. The van der Waals surface area contributed by atoms with Gasteiger partial charge < -0.3 is 5.32 Å². The number of hydrogen-bond acceptors (Lipinski definition) is 5. The van der Waals surface area contributed by atoms with Gasteiger partial charge in [0.05, 0.1) is 0 Å². The Labute approximate surface area is 146 Å². The molecule has 0 unspecified atom stereocenters. The third-order valence-corrected chi connectivity index (χ3v) is 5.16. The lowest BCUT2D eigenvalue weighted by Gasteiger charge is -2.02. The van der Waals surface area contributed by atoms with E-state index in [9.17, 15) is 4.79 Å². The molecule has 0 aliphatic heterocycles. The Morgan fingerprint density at radius 1 is 1.09 bits per heavy atom. The fraction of sp³-hybridized carbons (Fsp3) is 0.0625. The molecule has 0 radical (unpaired) electrons. The van der Waals surface area contributed by atoms with E-state index in [1.54, 1.807) is 0 Å². The zero-order valence-corrected chi connectivity index (χ0v) is 14.5. The Bertz CT molecular complexity index is 816. The van der Waals surface area contributed by atoms with Crippen LogP contribution in [0, 0.1) is 6.92 Å². The summed E-state index contributed by atoms with van der Waals surface area (Å²) in [5.74, 6) is -0.255. The fourth-order valence-electron chi connectivity index (χ4n) is 1.77. The van der Waals surface area contributed by atoms with Gasteiger partial charge in [-0.1, -0.05) is 52.4 Å². The number of carbonyl (C=O) groups is 1. The highest BCUT2D eigenvalue weighted by molar-refractivity contribution is 8.01. The number of aromatic nitrogens is 2. The summed E-state index contributed by atoms with van der Waals surface area (Å²) in [4.78, 5) is 13.2. The fourth-order valence-corrected chi connectivity index (χ4v) is 3.61. The number of amides is 1. The largest absolute Gasteiger partial charge is 0.320 e.